The number of carbonyl (C=O) groups excluding carboxylic acids is 2. The number of pyridine rings is 1. The third-order valence-corrected chi connectivity index (χ3v) is 9.31. The summed E-state index contributed by atoms with van der Waals surface area (Å²) in [6.07, 6.45) is 3.84. The molecule has 4 aromatic rings. The molecule has 3 N–H and O–H groups in total. The molecule has 0 saturated carbocycles. The maximum absolute atomic E-state index is 13.8. The Bertz CT molecular complexity index is 1520. The number of fused-ring (bicyclic) bond motifs is 2. The van der Waals surface area contributed by atoms with E-state index >= 15 is 0 Å². The van der Waals surface area contributed by atoms with Crippen LogP contribution in [0.5, 0.6) is 0 Å². The summed E-state index contributed by atoms with van der Waals surface area (Å²) >= 11 is 1.50. The minimum absolute atomic E-state index is 0.222. The molecule has 5 nitrogen and oxygen atoms in total. The number of amides is 2. The Morgan fingerprint density at radius 1 is 1.14 bits per heavy atom. The van der Waals surface area contributed by atoms with Crippen LogP contribution in [0.15, 0.2) is 54.6 Å². The van der Waals surface area contributed by atoms with E-state index in [1.165, 1.54) is 16.2 Å². The van der Waals surface area contributed by atoms with Crippen LogP contribution < -0.4 is 11.1 Å². The Kier molecular flexibility index (Phi) is 6.63. The zero-order chi connectivity index (χ0) is 26.3. The summed E-state index contributed by atoms with van der Waals surface area (Å²) in [5, 5.41) is 4.39. The lowest BCUT2D eigenvalue weighted by Gasteiger charge is -2.36. The van der Waals surface area contributed by atoms with Crippen LogP contribution in [-0.2, 0) is 12.8 Å². The molecule has 0 radical (unpaired) electrons. The number of para-hydroxylation sites is 1. The van der Waals surface area contributed by atoms with Gasteiger partial charge in [0.05, 0.1) is 22.3 Å². The Balaban J connectivity index is 1.55. The van der Waals surface area contributed by atoms with Crippen molar-refractivity contribution in [1.29, 1.82) is 0 Å². The molecule has 5 rings (SSSR count). The fourth-order valence-corrected chi connectivity index (χ4v) is 6.75. The molecular formula is C31H33N3O2S. The molecule has 0 unspecified atom stereocenters. The van der Waals surface area contributed by atoms with E-state index in [1.54, 1.807) is 0 Å². The number of carbonyl (C=O) groups is 2. The molecule has 1 aliphatic rings. The Morgan fingerprint density at radius 2 is 1.86 bits per heavy atom. The molecule has 0 spiro atoms. The third kappa shape index (κ3) is 4.66. The number of hydrogen-bond acceptors (Lipinski definition) is 4. The highest BCUT2D eigenvalue weighted by atomic mass is 32.1. The van der Waals surface area contributed by atoms with Crippen molar-refractivity contribution in [3.05, 3.63) is 81.7 Å². The summed E-state index contributed by atoms with van der Waals surface area (Å²) in [6.45, 7) is 8.89. The van der Waals surface area contributed by atoms with Crippen LogP contribution in [0, 0.1) is 18.3 Å². The molecule has 2 amide bonds. The van der Waals surface area contributed by atoms with Gasteiger partial charge in [0.2, 0.25) is 0 Å². The topological polar surface area (TPSA) is 85.1 Å². The van der Waals surface area contributed by atoms with E-state index in [9.17, 15) is 9.59 Å². The quantitative estimate of drug-likeness (QED) is 0.288. The van der Waals surface area contributed by atoms with Gasteiger partial charge < -0.3 is 11.1 Å². The predicted octanol–water partition coefficient (Wildman–Crippen LogP) is 7.16. The number of hydrogen-bond donors (Lipinski definition) is 2. The molecule has 6 heteroatoms. The zero-order valence-corrected chi connectivity index (χ0v) is 22.7. The van der Waals surface area contributed by atoms with Crippen molar-refractivity contribution in [2.75, 3.05) is 5.32 Å². The molecule has 37 heavy (non-hydrogen) atoms. The van der Waals surface area contributed by atoms with E-state index in [0.29, 0.717) is 22.0 Å². The average Bonchev–Trinajstić information content (AvgIpc) is 3.25. The van der Waals surface area contributed by atoms with Crippen molar-refractivity contribution >= 4 is 39.1 Å². The normalized spacial score (nSPS) is 15.4. The Morgan fingerprint density at radius 3 is 2.59 bits per heavy atom. The van der Waals surface area contributed by atoms with Crippen molar-refractivity contribution in [2.24, 2.45) is 17.1 Å². The predicted molar refractivity (Wildman–Crippen MR) is 152 cm³/mol. The number of nitrogens with two attached hydrogens (primary N) is 1. The highest BCUT2D eigenvalue weighted by molar-refractivity contribution is 7.17. The molecule has 2 aromatic heterocycles. The third-order valence-electron chi connectivity index (χ3n) is 8.14. The number of aromatic nitrogens is 1. The fraction of sp³-hybridized carbons (Fsp3) is 0.323. The number of benzene rings is 2. The van der Waals surface area contributed by atoms with Gasteiger partial charge in [0.1, 0.15) is 5.00 Å². The summed E-state index contributed by atoms with van der Waals surface area (Å²) in [5.41, 5.74) is 11.6. The lowest BCUT2D eigenvalue weighted by Crippen LogP contribution is -2.29. The van der Waals surface area contributed by atoms with Crippen LogP contribution in [0.1, 0.15) is 70.3 Å². The molecule has 2 heterocycles. The van der Waals surface area contributed by atoms with Crippen LogP contribution in [-0.4, -0.2) is 16.8 Å². The maximum atomic E-state index is 13.8. The van der Waals surface area contributed by atoms with Gasteiger partial charge in [-0.3, -0.25) is 9.59 Å². The lowest BCUT2D eigenvalue weighted by atomic mass is 9.69. The van der Waals surface area contributed by atoms with E-state index in [1.807, 2.05) is 61.5 Å². The molecule has 0 aliphatic heterocycles. The first-order valence-electron chi connectivity index (χ1n) is 12.9. The number of nitrogens with one attached hydrogen (secondary N) is 1. The van der Waals surface area contributed by atoms with Crippen LogP contribution >= 0.6 is 11.3 Å². The zero-order valence-electron chi connectivity index (χ0n) is 21.9. The largest absolute Gasteiger partial charge is 0.365 e. The van der Waals surface area contributed by atoms with Crippen LogP contribution in [0.3, 0.4) is 0 Å². The van der Waals surface area contributed by atoms with Gasteiger partial charge in [-0.05, 0) is 60.8 Å². The monoisotopic (exact) mass is 511 g/mol. The van der Waals surface area contributed by atoms with Crippen LogP contribution in [0.4, 0.5) is 5.00 Å². The average molecular weight is 512 g/mol. The van der Waals surface area contributed by atoms with Gasteiger partial charge in [-0.25, -0.2) is 4.98 Å². The van der Waals surface area contributed by atoms with Crippen LogP contribution in [0.25, 0.3) is 22.2 Å². The summed E-state index contributed by atoms with van der Waals surface area (Å²) in [4.78, 5) is 32.3. The van der Waals surface area contributed by atoms with Crippen LogP contribution in [0.2, 0.25) is 0 Å². The molecule has 2 aromatic carbocycles. The van der Waals surface area contributed by atoms with Gasteiger partial charge in [0, 0.05) is 15.8 Å². The van der Waals surface area contributed by atoms with Crippen molar-refractivity contribution in [3.8, 4) is 11.3 Å². The van der Waals surface area contributed by atoms with Crippen molar-refractivity contribution in [3.63, 3.8) is 0 Å². The second-order valence-electron chi connectivity index (χ2n) is 10.7. The number of thiophene rings is 1. The number of anilines is 1. The van der Waals surface area contributed by atoms with E-state index in [0.717, 1.165) is 59.0 Å². The van der Waals surface area contributed by atoms with Gasteiger partial charge in [0.25, 0.3) is 11.8 Å². The molecule has 0 fully saturated rings. The molecular weight excluding hydrogens is 478 g/mol. The number of rotatable bonds is 6. The van der Waals surface area contributed by atoms with Crippen molar-refractivity contribution < 1.29 is 9.59 Å². The molecule has 190 valence electrons. The first-order chi connectivity index (χ1) is 17.7. The van der Waals surface area contributed by atoms with Gasteiger partial charge >= 0.3 is 0 Å². The summed E-state index contributed by atoms with van der Waals surface area (Å²) in [6, 6.07) is 17.5. The standard InChI is InChI=1S/C31H33N3O2S/c1-5-31(3,4)19-14-15-22-26(16-19)37-30(27(22)28(32)35)34-29(36)23-17-25(20-11-7-6-10-18(20)2)33-24-13-9-8-12-21(23)24/h6-13,17,19H,5,14-16H2,1-4H3,(H2,32,35)(H,34,36)/t19-/m0/s1. The highest BCUT2D eigenvalue weighted by Crippen LogP contribution is 2.45. The summed E-state index contributed by atoms with van der Waals surface area (Å²) in [7, 11) is 0. The van der Waals surface area contributed by atoms with Gasteiger partial charge in [-0.15, -0.1) is 11.3 Å². The first kappa shape index (κ1) is 25.2. The maximum Gasteiger partial charge on any atom is 0.257 e. The molecule has 1 aliphatic carbocycles. The number of primary amides is 1. The number of aryl methyl sites for hydroxylation is 1. The Labute approximate surface area is 222 Å². The minimum Gasteiger partial charge on any atom is -0.365 e. The SMILES string of the molecule is CCC(C)(C)[C@H]1CCc2c(sc(NC(=O)c3cc(-c4ccccc4C)nc4ccccc34)c2C(N)=O)C1. The number of nitrogens with zero attached hydrogens (tertiary/aromatic N) is 1. The fourth-order valence-electron chi connectivity index (χ4n) is 5.42. The molecule has 0 bridgehead atoms. The Hall–Kier alpha value is -3.51. The van der Waals surface area contributed by atoms with E-state index in [2.05, 4.69) is 26.1 Å². The highest BCUT2D eigenvalue weighted by Gasteiger charge is 2.35. The molecule has 1 atom stereocenters. The molecule has 0 saturated heterocycles. The first-order valence-corrected chi connectivity index (χ1v) is 13.7. The minimum atomic E-state index is -0.485. The van der Waals surface area contributed by atoms with Crippen molar-refractivity contribution in [1.82, 2.24) is 4.98 Å². The van der Waals surface area contributed by atoms with E-state index < -0.39 is 5.91 Å². The van der Waals surface area contributed by atoms with Crippen molar-refractivity contribution in [2.45, 2.75) is 53.4 Å². The summed E-state index contributed by atoms with van der Waals surface area (Å²) in [5.74, 6) is -0.213. The van der Waals surface area contributed by atoms with Gasteiger partial charge in [-0.2, -0.15) is 0 Å². The summed E-state index contributed by atoms with van der Waals surface area (Å²) < 4.78 is 0. The second kappa shape index (κ2) is 9.75. The van der Waals surface area contributed by atoms with Gasteiger partial charge in [-0.1, -0.05) is 69.7 Å². The second-order valence-corrected chi connectivity index (χ2v) is 11.8. The van der Waals surface area contributed by atoms with Gasteiger partial charge in [0.15, 0.2) is 0 Å². The van der Waals surface area contributed by atoms with E-state index in [-0.39, 0.29) is 11.3 Å². The lowest BCUT2D eigenvalue weighted by molar-refractivity contribution is 0.0999. The van der Waals surface area contributed by atoms with E-state index in [4.69, 9.17) is 10.7 Å². The smallest absolute Gasteiger partial charge is 0.257 e.